The Morgan fingerprint density at radius 1 is 0.171 bits per heavy atom. The first-order valence-electron chi connectivity index (χ1n) is 30.4. The molecule has 5 heterocycles. The zero-order valence-electron chi connectivity index (χ0n) is 48.2. The fourth-order valence-corrected chi connectivity index (χ4v) is 11.2. The molecule has 0 atom stereocenters. The van der Waals surface area contributed by atoms with Gasteiger partial charge in [0.25, 0.3) is 0 Å². The Balaban J connectivity index is 0.000000111. The summed E-state index contributed by atoms with van der Waals surface area (Å²) in [5.74, 6) is 4.29. The number of hydrogen-bond acceptors (Lipinski definition) is 5. The Kier molecular flexibility index (Phi) is 24.2. The summed E-state index contributed by atoms with van der Waals surface area (Å²) in [6.45, 7) is 5.10. The first-order chi connectivity index (χ1) is 40.7. The topological polar surface area (TPSA) is 46.2 Å². The van der Waals surface area contributed by atoms with Crippen molar-refractivity contribution in [3.8, 4) is 23.0 Å². The quantitative estimate of drug-likeness (QED) is 0.151. The smallest absolute Gasteiger partial charge is 0.122 e. The van der Waals surface area contributed by atoms with Gasteiger partial charge < -0.3 is 23.7 Å². The largest absolute Gasteiger partial charge is 0.493 e. The van der Waals surface area contributed by atoms with Crippen molar-refractivity contribution in [1.29, 1.82) is 0 Å². The highest BCUT2D eigenvalue weighted by atomic mass is 16.5. The van der Waals surface area contributed by atoms with Crippen molar-refractivity contribution in [3.05, 3.63) is 297 Å². The van der Waals surface area contributed by atoms with Crippen LogP contribution in [0.2, 0.25) is 0 Å². The summed E-state index contributed by atoms with van der Waals surface area (Å²) in [5, 5.41) is 0. The minimum atomic E-state index is 0.802. The molecule has 0 spiro atoms. The number of ether oxygens (including phenoxy) is 5. The van der Waals surface area contributed by atoms with Crippen LogP contribution in [0.3, 0.4) is 0 Å². The summed E-state index contributed by atoms with van der Waals surface area (Å²) >= 11 is 0. The summed E-state index contributed by atoms with van der Waals surface area (Å²) in [6.07, 6.45) is 21.6. The predicted molar refractivity (Wildman–Crippen MR) is 338 cm³/mol. The molecule has 0 bridgehead atoms. The molecule has 9 aromatic carbocycles. The predicted octanol–water partition coefficient (Wildman–Crippen LogP) is 18.0. The molecule has 0 unspecified atom stereocenters. The molecule has 82 heavy (non-hydrogen) atoms. The highest BCUT2D eigenvalue weighted by Crippen LogP contribution is 2.27. The molecule has 8 aliphatic rings. The SMILES string of the molecule is c1ccc2c(c1)CCC2.c1ccc2c(c1)CCCC2.c1ccc2c(c1)CCCC2.c1ccc2c(c1)CCCO2.c1ccc2c(c1)CCCO2.c1ccc2c(c1)CCO2.c1ccc2c(c1)CCO2.c1ccc2c(c1)COC2.c1ccccc1. The monoisotopic (exact) mass is 1090 g/mol. The maximum Gasteiger partial charge on any atom is 0.122 e. The van der Waals surface area contributed by atoms with Crippen LogP contribution in [0, 0.1) is 0 Å². The lowest BCUT2D eigenvalue weighted by Gasteiger charge is -2.15. The molecule has 0 radical (unpaired) electrons. The van der Waals surface area contributed by atoms with Gasteiger partial charge in [-0.15, -0.1) is 0 Å². The van der Waals surface area contributed by atoms with Crippen molar-refractivity contribution in [1.82, 2.24) is 0 Å². The first kappa shape index (κ1) is 58.8. The minimum Gasteiger partial charge on any atom is -0.493 e. The molecule has 422 valence electrons. The normalized spacial score (nSPS) is 15.0. The maximum absolute atomic E-state index is 5.42. The molecular weight excluding hydrogens is 1000 g/mol. The number of hydrogen-bond donors (Lipinski definition) is 0. The van der Waals surface area contributed by atoms with Crippen molar-refractivity contribution in [3.63, 3.8) is 0 Å². The zero-order valence-corrected chi connectivity index (χ0v) is 48.2. The third-order valence-electron chi connectivity index (χ3n) is 15.7. The Labute approximate surface area is 490 Å². The lowest BCUT2D eigenvalue weighted by atomic mass is 9.92. The fraction of sp³-hybridized carbons (Fsp3) is 0.299. The van der Waals surface area contributed by atoms with Crippen LogP contribution >= 0.6 is 0 Å². The van der Waals surface area contributed by atoms with Crippen molar-refractivity contribution >= 4 is 0 Å². The van der Waals surface area contributed by atoms with E-state index in [2.05, 4.69) is 121 Å². The van der Waals surface area contributed by atoms with Gasteiger partial charge in [0.15, 0.2) is 0 Å². The van der Waals surface area contributed by atoms with E-state index in [9.17, 15) is 0 Å². The molecule has 0 aromatic heterocycles. The average molecular weight is 1090 g/mol. The van der Waals surface area contributed by atoms with Crippen LogP contribution in [0.1, 0.15) is 112 Å². The third kappa shape index (κ3) is 19.1. The summed E-state index contributed by atoms with van der Waals surface area (Å²) in [6, 6.07) is 79.5. The molecule has 9 aromatic rings. The van der Waals surface area contributed by atoms with E-state index in [0.717, 1.165) is 88.3 Å². The van der Waals surface area contributed by atoms with Gasteiger partial charge in [0.1, 0.15) is 23.0 Å². The van der Waals surface area contributed by atoms with Crippen LogP contribution in [0.15, 0.2) is 231 Å². The van der Waals surface area contributed by atoms with Gasteiger partial charge >= 0.3 is 0 Å². The molecule has 5 nitrogen and oxygen atoms in total. The highest BCUT2D eigenvalue weighted by Gasteiger charge is 2.13. The summed E-state index contributed by atoms with van der Waals surface area (Å²) in [5.41, 5.74) is 17.5. The Morgan fingerprint density at radius 3 is 0.671 bits per heavy atom. The number of benzene rings is 9. The molecule has 0 saturated carbocycles. The van der Waals surface area contributed by atoms with Gasteiger partial charge in [-0.3, -0.25) is 0 Å². The zero-order chi connectivity index (χ0) is 55.9. The number of aryl methyl sites for hydroxylation is 8. The lowest BCUT2D eigenvalue weighted by Crippen LogP contribution is -2.07. The second-order valence-corrected chi connectivity index (χ2v) is 21.5. The summed E-state index contributed by atoms with van der Waals surface area (Å²) in [4.78, 5) is 0. The molecule has 0 fully saturated rings. The van der Waals surface area contributed by atoms with E-state index in [1.165, 1.54) is 117 Å². The minimum absolute atomic E-state index is 0.802. The van der Waals surface area contributed by atoms with E-state index in [-0.39, 0.29) is 0 Å². The second kappa shape index (κ2) is 33.8. The number of fused-ring (bicyclic) bond motifs is 8. The summed E-state index contributed by atoms with van der Waals surface area (Å²) in [7, 11) is 0. The third-order valence-corrected chi connectivity index (χ3v) is 15.7. The van der Waals surface area contributed by atoms with E-state index in [4.69, 9.17) is 23.7 Å². The second-order valence-electron chi connectivity index (χ2n) is 21.5. The van der Waals surface area contributed by atoms with Crippen molar-refractivity contribution in [2.24, 2.45) is 0 Å². The number of para-hydroxylation sites is 4. The number of rotatable bonds is 0. The molecule has 5 heteroatoms. The average Bonchev–Trinajstić information content (AvgIpc) is 4.45. The van der Waals surface area contributed by atoms with Gasteiger partial charge in [0, 0.05) is 12.8 Å². The van der Waals surface area contributed by atoms with E-state index in [1.54, 1.807) is 33.4 Å². The maximum atomic E-state index is 5.42. The van der Waals surface area contributed by atoms with Crippen molar-refractivity contribution in [2.75, 3.05) is 26.4 Å². The first-order valence-corrected chi connectivity index (χ1v) is 30.4. The highest BCUT2D eigenvalue weighted by molar-refractivity contribution is 5.38. The van der Waals surface area contributed by atoms with Gasteiger partial charge in [-0.05, 0) is 187 Å². The van der Waals surface area contributed by atoms with Gasteiger partial charge in [0.2, 0.25) is 0 Å². The van der Waals surface area contributed by atoms with Crippen LogP contribution in [0.4, 0.5) is 0 Å². The van der Waals surface area contributed by atoms with Crippen LogP contribution in [-0.4, -0.2) is 26.4 Å². The molecule has 0 saturated heterocycles. The van der Waals surface area contributed by atoms with E-state index < -0.39 is 0 Å². The van der Waals surface area contributed by atoms with E-state index in [0.29, 0.717) is 0 Å². The molecular formula is C77H84O5. The van der Waals surface area contributed by atoms with Crippen molar-refractivity contribution < 1.29 is 23.7 Å². The van der Waals surface area contributed by atoms with E-state index >= 15 is 0 Å². The fourth-order valence-electron chi connectivity index (χ4n) is 11.2. The van der Waals surface area contributed by atoms with Crippen LogP contribution < -0.4 is 18.9 Å². The Morgan fingerprint density at radius 2 is 0.390 bits per heavy atom. The Bertz CT molecular complexity index is 2630. The lowest BCUT2D eigenvalue weighted by molar-refractivity contribution is 0.134. The van der Waals surface area contributed by atoms with Crippen LogP contribution in [0.5, 0.6) is 23.0 Å². The molecule has 0 amide bonds. The standard InChI is InChI=1S/2C10H12.2C9H10O.C9H10.3C8H8O.C6H6/c2*1-2-6-10-8-4-3-7-9(10)5-1;2*1-2-6-9-8(4-1)5-3-7-10-9;1-2-5-9-7-3-6-8(9)4-1;1-2-4-8-6-9-5-7(8)3-1;2*1-2-4-8-7(3-1)5-6-9-8;1-2-4-6-5-3-1/h2*1-2,5-6H,3-4,7-8H2;2*1-2,4,6H,3,5,7H2;1-2,4-5H,3,6-7H2;3*1-4H,5-6H2;1-6H. The van der Waals surface area contributed by atoms with Gasteiger partial charge in [0.05, 0.1) is 39.6 Å². The Hall–Kier alpha value is -7.86. The van der Waals surface area contributed by atoms with Gasteiger partial charge in [-0.2, -0.15) is 0 Å². The molecule has 0 N–H and O–H groups in total. The van der Waals surface area contributed by atoms with Gasteiger partial charge in [-0.25, -0.2) is 0 Å². The van der Waals surface area contributed by atoms with E-state index in [1.807, 2.05) is 109 Å². The molecule has 5 aliphatic heterocycles. The molecule has 3 aliphatic carbocycles. The van der Waals surface area contributed by atoms with Crippen molar-refractivity contribution in [2.45, 2.75) is 122 Å². The molecule has 17 rings (SSSR count). The van der Waals surface area contributed by atoms with Crippen LogP contribution in [-0.2, 0) is 82.2 Å². The van der Waals surface area contributed by atoms with Crippen LogP contribution in [0.25, 0.3) is 0 Å². The van der Waals surface area contributed by atoms with Gasteiger partial charge in [-0.1, -0.05) is 206 Å². The summed E-state index contributed by atoms with van der Waals surface area (Å²) < 4.78 is 26.7.